The van der Waals surface area contributed by atoms with Gasteiger partial charge in [0.15, 0.2) is 0 Å². The number of hydrogen-bond acceptors (Lipinski definition) is 0. The third-order valence-electron chi connectivity index (χ3n) is 4.63. The topological polar surface area (TPSA) is 0 Å². The van der Waals surface area contributed by atoms with E-state index in [1.807, 2.05) is 0 Å². The fourth-order valence-corrected chi connectivity index (χ4v) is 2.85. The van der Waals surface area contributed by atoms with Gasteiger partial charge in [0.05, 0.1) is 0 Å². The van der Waals surface area contributed by atoms with Crippen molar-refractivity contribution in [3.05, 3.63) is 11.6 Å². The first kappa shape index (κ1) is 19.7. The first-order chi connectivity index (χ1) is 9.45. The lowest BCUT2D eigenvalue weighted by atomic mass is 9.91. The second-order valence-electron chi connectivity index (χ2n) is 7.49. The van der Waals surface area contributed by atoms with E-state index >= 15 is 0 Å². The van der Waals surface area contributed by atoms with Gasteiger partial charge in [0.1, 0.15) is 0 Å². The van der Waals surface area contributed by atoms with E-state index in [0.717, 1.165) is 17.8 Å². The average molecular weight is 281 g/mol. The highest BCUT2D eigenvalue weighted by Gasteiger charge is 2.06. The molecule has 0 rings (SSSR count). The Kier molecular flexibility index (Phi) is 12.3. The summed E-state index contributed by atoms with van der Waals surface area (Å²) < 4.78 is 0. The predicted molar refractivity (Wildman–Crippen MR) is 94.2 cm³/mol. The summed E-state index contributed by atoms with van der Waals surface area (Å²) in [6.07, 6.45) is 14.9. The Balaban J connectivity index is 3.48. The maximum absolute atomic E-state index is 2.44. The lowest BCUT2D eigenvalue weighted by Gasteiger charge is -2.15. The Morgan fingerprint density at radius 1 is 0.750 bits per heavy atom. The largest absolute Gasteiger partial charge is 0.0887 e. The summed E-state index contributed by atoms with van der Waals surface area (Å²) in [5, 5.41) is 0. The third kappa shape index (κ3) is 12.8. The van der Waals surface area contributed by atoms with Crippen molar-refractivity contribution in [3.63, 3.8) is 0 Å². The van der Waals surface area contributed by atoms with Crippen LogP contribution in [0.15, 0.2) is 11.6 Å². The van der Waals surface area contributed by atoms with Gasteiger partial charge in [0.25, 0.3) is 0 Å². The smallest absolute Gasteiger partial charge is 0.0323 e. The van der Waals surface area contributed by atoms with Gasteiger partial charge in [-0.3, -0.25) is 0 Å². The fraction of sp³-hybridized carbons (Fsp3) is 0.900. The molecule has 0 aliphatic carbocycles. The highest BCUT2D eigenvalue weighted by atomic mass is 14.1. The molecule has 0 bridgehead atoms. The SMILES string of the molecule is C/C=C(\C)CCCC(C)CCCC(C)CCCC(C)C. The van der Waals surface area contributed by atoms with Crippen molar-refractivity contribution in [2.24, 2.45) is 17.8 Å². The predicted octanol–water partition coefficient (Wildman–Crippen LogP) is 7.39. The first-order valence-electron chi connectivity index (χ1n) is 9.07. The third-order valence-corrected chi connectivity index (χ3v) is 4.63. The molecule has 20 heavy (non-hydrogen) atoms. The highest BCUT2D eigenvalue weighted by Crippen LogP contribution is 2.21. The van der Waals surface area contributed by atoms with Crippen LogP contribution in [-0.2, 0) is 0 Å². The van der Waals surface area contributed by atoms with E-state index in [-0.39, 0.29) is 0 Å². The zero-order valence-electron chi connectivity index (χ0n) is 15.2. The van der Waals surface area contributed by atoms with Gasteiger partial charge in [0, 0.05) is 0 Å². The van der Waals surface area contributed by atoms with Crippen LogP contribution in [-0.4, -0.2) is 0 Å². The zero-order valence-corrected chi connectivity index (χ0v) is 15.2. The van der Waals surface area contributed by atoms with E-state index in [4.69, 9.17) is 0 Å². The first-order valence-corrected chi connectivity index (χ1v) is 9.07. The van der Waals surface area contributed by atoms with Gasteiger partial charge in [-0.05, 0) is 44.4 Å². The normalized spacial score (nSPS) is 15.7. The molecule has 0 fully saturated rings. The van der Waals surface area contributed by atoms with E-state index in [9.17, 15) is 0 Å². The lowest BCUT2D eigenvalue weighted by Crippen LogP contribution is -2.00. The van der Waals surface area contributed by atoms with Crippen LogP contribution in [0, 0.1) is 17.8 Å². The summed E-state index contributed by atoms with van der Waals surface area (Å²) >= 11 is 0. The molecular weight excluding hydrogens is 240 g/mol. The van der Waals surface area contributed by atoms with Gasteiger partial charge in [0.2, 0.25) is 0 Å². The van der Waals surface area contributed by atoms with Gasteiger partial charge < -0.3 is 0 Å². The molecule has 0 aromatic rings. The van der Waals surface area contributed by atoms with E-state index < -0.39 is 0 Å². The van der Waals surface area contributed by atoms with Crippen molar-refractivity contribution in [1.82, 2.24) is 0 Å². The Morgan fingerprint density at radius 2 is 1.20 bits per heavy atom. The monoisotopic (exact) mass is 280 g/mol. The van der Waals surface area contributed by atoms with E-state index in [1.165, 1.54) is 57.8 Å². The Labute approximate surface area is 129 Å². The van der Waals surface area contributed by atoms with Crippen molar-refractivity contribution >= 4 is 0 Å². The highest BCUT2D eigenvalue weighted by molar-refractivity contribution is 4.94. The van der Waals surface area contributed by atoms with Gasteiger partial charge in [-0.1, -0.05) is 84.3 Å². The van der Waals surface area contributed by atoms with Crippen LogP contribution < -0.4 is 0 Å². The Bertz CT molecular complexity index is 236. The van der Waals surface area contributed by atoms with Crippen LogP contribution in [0.2, 0.25) is 0 Å². The molecule has 0 heteroatoms. The molecule has 0 saturated carbocycles. The molecule has 0 heterocycles. The minimum absolute atomic E-state index is 0.878. The molecule has 0 aromatic carbocycles. The molecule has 0 amide bonds. The summed E-state index contributed by atoms with van der Waals surface area (Å²) in [4.78, 5) is 0. The summed E-state index contributed by atoms with van der Waals surface area (Å²) in [6, 6.07) is 0. The minimum Gasteiger partial charge on any atom is -0.0887 e. The van der Waals surface area contributed by atoms with E-state index in [1.54, 1.807) is 5.57 Å². The van der Waals surface area contributed by atoms with Crippen LogP contribution in [0.5, 0.6) is 0 Å². The Morgan fingerprint density at radius 3 is 1.65 bits per heavy atom. The van der Waals surface area contributed by atoms with E-state index in [2.05, 4.69) is 47.6 Å². The quantitative estimate of drug-likeness (QED) is 0.327. The summed E-state index contributed by atoms with van der Waals surface area (Å²) in [5.41, 5.74) is 1.55. The standard InChI is InChI=1S/C20H40/c1-7-18(4)12-9-14-20(6)16-10-15-19(5)13-8-11-17(2)3/h7,17,19-20H,8-16H2,1-6H3/b18-7+. The molecule has 0 N–H and O–H groups in total. The number of rotatable bonds is 12. The second kappa shape index (κ2) is 12.5. The molecule has 0 saturated heterocycles. The minimum atomic E-state index is 0.878. The fourth-order valence-electron chi connectivity index (χ4n) is 2.85. The van der Waals surface area contributed by atoms with E-state index in [0.29, 0.717) is 0 Å². The van der Waals surface area contributed by atoms with Gasteiger partial charge >= 0.3 is 0 Å². The van der Waals surface area contributed by atoms with Crippen molar-refractivity contribution in [2.45, 2.75) is 99.3 Å². The molecule has 0 nitrogen and oxygen atoms in total. The molecule has 0 radical (unpaired) electrons. The lowest BCUT2D eigenvalue weighted by molar-refractivity contribution is 0.389. The Hall–Kier alpha value is -0.260. The summed E-state index contributed by atoms with van der Waals surface area (Å²) in [6.45, 7) is 14.0. The molecular formula is C20H40. The zero-order chi connectivity index (χ0) is 15.4. The van der Waals surface area contributed by atoms with Crippen LogP contribution >= 0.6 is 0 Å². The van der Waals surface area contributed by atoms with Crippen molar-refractivity contribution in [2.75, 3.05) is 0 Å². The maximum Gasteiger partial charge on any atom is -0.0323 e. The van der Waals surface area contributed by atoms with Gasteiger partial charge in [-0.2, -0.15) is 0 Å². The molecule has 2 atom stereocenters. The molecule has 0 aliphatic heterocycles. The van der Waals surface area contributed by atoms with Gasteiger partial charge in [-0.25, -0.2) is 0 Å². The van der Waals surface area contributed by atoms with Crippen molar-refractivity contribution in [1.29, 1.82) is 0 Å². The van der Waals surface area contributed by atoms with Crippen LogP contribution in [0.4, 0.5) is 0 Å². The second-order valence-corrected chi connectivity index (χ2v) is 7.49. The number of hydrogen-bond donors (Lipinski definition) is 0. The molecule has 2 unspecified atom stereocenters. The summed E-state index contributed by atoms with van der Waals surface area (Å²) in [5.74, 6) is 2.73. The van der Waals surface area contributed by atoms with Crippen LogP contribution in [0.1, 0.15) is 99.3 Å². The summed E-state index contributed by atoms with van der Waals surface area (Å²) in [7, 11) is 0. The molecule has 120 valence electrons. The van der Waals surface area contributed by atoms with Crippen molar-refractivity contribution < 1.29 is 0 Å². The molecule has 0 aliphatic rings. The van der Waals surface area contributed by atoms with Crippen LogP contribution in [0.3, 0.4) is 0 Å². The number of allylic oxidation sites excluding steroid dienone is 2. The van der Waals surface area contributed by atoms with Crippen molar-refractivity contribution in [3.8, 4) is 0 Å². The molecule has 0 spiro atoms. The average Bonchev–Trinajstić information content (AvgIpc) is 2.38. The maximum atomic E-state index is 2.44. The van der Waals surface area contributed by atoms with Crippen LogP contribution in [0.25, 0.3) is 0 Å². The van der Waals surface area contributed by atoms with Gasteiger partial charge in [-0.15, -0.1) is 0 Å². The molecule has 0 aromatic heterocycles.